The van der Waals surface area contributed by atoms with Crippen LogP contribution in [0.4, 0.5) is 0 Å². The predicted octanol–water partition coefficient (Wildman–Crippen LogP) is 4.96. The van der Waals surface area contributed by atoms with E-state index in [0.717, 1.165) is 11.1 Å². The molecule has 96 valence electrons. The van der Waals surface area contributed by atoms with Crippen molar-refractivity contribution in [2.24, 2.45) is 0 Å². The van der Waals surface area contributed by atoms with E-state index >= 15 is 0 Å². The first kappa shape index (κ1) is 12.8. The van der Waals surface area contributed by atoms with Crippen LogP contribution in [0.25, 0.3) is 10.8 Å². The summed E-state index contributed by atoms with van der Waals surface area (Å²) in [6.45, 7) is 0. The molecule has 0 N–H and O–H groups in total. The van der Waals surface area contributed by atoms with Gasteiger partial charge in [-0.3, -0.25) is 0 Å². The van der Waals surface area contributed by atoms with E-state index in [4.69, 9.17) is 0 Å². The molecule has 0 aliphatic rings. The summed E-state index contributed by atoms with van der Waals surface area (Å²) in [6.07, 6.45) is 2.11. The molecule has 0 aromatic heterocycles. The molecule has 0 radical (unpaired) electrons. The molecule has 0 fully saturated rings. The van der Waals surface area contributed by atoms with Gasteiger partial charge in [0.25, 0.3) is 0 Å². The van der Waals surface area contributed by atoms with Crippen LogP contribution in [-0.4, -0.2) is 6.26 Å². The molecule has 0 saturated carbocycles. The molecule has 0 amide bonds. The van der Waals surface area contributed by atoms with E-state index in [1.54, 1.807) is 11.8 Å². The van der Waals surface area contributed by atoms with E-state index in [2.05, 4.69) is 54.5 Å². The van der Waals surface area contributed by atoms with Gasteiger partial charge in [-0.05, 0) is 35.9 Å². The quantitative estimate of drug-likeness (QED) is 0.446. The lowest BCUT2D eigenvalue weighted by Gasteiger charge is -2.05. The first-order chi connectivity index (χ1) is 9.88. The van der Waals surface area contributed by atoms with Gasteiger partial charge in [-0.1, -0.05) is 54.3 Å². The van der Waals surface area contributed by atoms with Crippen LogP contribution >= 0.6 is 11.8 Å². The summed E-state index contributed by atoms with van der Waals surface area (Å²) < 4.78 is 0. The lowest BCUT2D eigenvalue weighted by molar-refractivity contribution is 1.53. The summed E-state index contributed by atoms with van der Waals surface area (Å²) in [5.74, 6) is 6.56. The van der Waals surface area contributed by atoms with Crippen LogP contribution in [0.3, 0.4) is 0 Å². The molecule has 0 aliphatic heterocycles. The van der Waals surface area contributed by atoms with Crippen molar-refractivity contribution in [2.45, 2.75) is 4.90 Å². The van der Waals surface area contributed by atoms with Gasteiger partial charge in [0.05, 0.1) is 0 Å². The van der Waals surface area contributed by atoms with Crippen LogP contribution in [-0.2, 0) is 0 Å². The maximum atomic E-state index is 3.32. The van der Waals surface area contributed by atoms with Gasteiger partial charge in [-0.2, -0.15) is 0 Å². The average Bonchev–Trinajstić information content (AvgIpc) is 2.53. The van der Waals surface area contributed by atoms with Crippen molar-refractivity contribution in [1.82, 2.24) is 0 Å². The van der Waals surface area contributed by atoms with Gasteiger partial charge in [-0.15, -0.1) is 11.8 Å². The summed E-state index contributed by atoms with van der Waals surface area (Å²) in [5.41, 5.74) is 2.14. The number of thioether (sulfide) groups is 1. The number of rotatable bonds is 1. The molecule has 0 nitrogen and oxygen atoms in total. The Morgan fingerprint density at radius 2 is 1.50 bits per heavy atom. The first-order valence-electron chi connectivity index (χ1n) is 6.51. The van der Waals surface area contributed by atoms with E-state index in [0.29, 0.717) is 0 Å². The van der Waals surface area contributed by atoms with Crippen LogP contribution in [0.2, 0.25) is 0 Å². The topological polar surface area (TPSA) is 0 Å². The Bertz CT molecular complexity index is 787. The van der Waals surface area contributed by atoms with E-state index in [1.807, 2.05) is 30.3 Å². The van der Waals surface area contributed by atoms with Crippen molar-refractivity contribution in [2.75, 3.05) is 6.26 Å². The Morgan fingerprint density at radius 1 is 0.750 bits per heavy atom. The molecule has 3 rings (SSSR count). The molecule has 0 atom stereocenters. The number of hydrogen-bond donors (Lipinski definition) is 0. The third-order valence-electron chi connectivity index (χ3n) is 3.20. The molecule has 0 heterocycles. The van der Waals surface area contributed by atoms with Crippen LogP contribution < -0.4 is 0 Å². The smallest absolute Gasteiger partial charge is 0.0338 e. The number of hydrogen-bond acceptors (Lipinski definition) is 1. The first-order valence-corrected chi connectivity index (χ1v) is 7.74. The zero-order valence-electron chi connectivity index (χ0n) is 11.3. The van der Waals surface area contributed by atoms with Gasteiger partial charge in [0.15, 0.2) is 0 Å². The third kappa shape index (κ3) is 2.57. The van der Waals surface area contributed by atoms with Crippen molar-refractivity contribution < 1.29 is 0 Å². The molecule has 0 spiro atoms. The molecular weight excluding hydrogens is 260 g/mol. The highest BCUT2D eigenvalue weighted by Crippen LogP contribution is 2.28. The summed E-state index contributed by atoms with van der Waals surface area (Å²) in [6, 6.07) is 22.8. The highest BCUT2D eigenvalue weighted by atomic mass is 32.2. The number of fused-ring (bicyclic) bond motifs is 1. The summed E-state index contributed by atoms with van der Waals surface area (Å²) in [4.78, 5) is 1.28. The lowest BCUT2D eigenvalue weighted by Crippen LogP contribution is -1.83. The second kappa shape index (κ2) is 5.86. The third-order valence-corrected chi connectivity index (χ3v) is 3.98. The van der Waals surface area contributed by atoms with E-state index in [-0.39, 0.29) is 0 Å². The van der Waals surface area contributed by atoms with Crippen molar-refractivity contribution in [1.29, 1.82) is 0 Å². The zero-order chi connectivity index (χ0) is 13.8. The molecule has 3 aromatic rings. The van der Waals surface area contributed by atoms with Gasteiger partial charge in [0, 0.05) is 21.4 Å². The summed E-state index contributed by atoms with van der Waals surface area (Å²) in [7, 11) is 0. The highest BCUT2D eigenvalue weighted by Gasteiger charge is 2.03. The average molecular weight is 274 g/mol. The Labute approximate surface area is 123 Å². The fraction of sp³-hybridized carbons (Fsp3) is 0.0526. The van der Waals surface area contributed by atoms with Crippen LogP contribution in [0, 0.1) is 11.8 Å². The van der Waals surface area contributed by atoms with Crippen LogP contribution in [0.1, 0.15) is 11.1 Å². The van der Waals surface area contributed by atoms with Crippen LogP contribution in [0.15, 0.2) is 71.6 Å². The van der Waals surface area contributed by atoms with Crippen molar-refractivity contribution in [3.63, 3.8) is 0 Å². The molecule has 0 bridgehead atoms. The van der Waals surface area contributed by atoms with Crippen molar-refractivity contribution in [3.8, 4) is 11.8 Å². The van der Waals surface area contributed by atoms with Gasteiger partial charge in [0.1, 0.15) is 0 Å². The predicted molar refractivity (Wildman–Crippen MR) is 88.2 cm³/mol. The van der Waals surface area contributed by atoms with E-state index < -0.39 is 0 Å². The fourth-order valence-corrected chi connectivity index (χ4v) is 2.89. The minimum absolute atomic E-state index is 1.05. The maximum Gasteiger partial charge on any atom is 0.0338 e. The lowest BCUT2D eigenvalue weighted by atomic mass is 10.0. The molecule has 0 saturated heterocycles. The Morgan fingerprint density at radius 3 is 2.25 bits per heavy atom. The summed E-state index contributed by atoms with van der Waals surface area (Å²) in [5, 5.41) is 2.50. The normalized spacial score (nSPS) is 10.1. The molecule has 20 heavy (non-hydrogen) atoms. The Kier molecular flexibility index (Phi) is 3.76. The van der Waals surface area contributed by atoms with Gasteiger partial charge in [-0.25, -0.2) is 0 Å². The second-order valence-electron chi connectivity index (χ2n) is 4.48. The highest BCUT2D eigenvalue weighted by molar-refractivity contribution is 7.98. The second-order valence-corrected chi connectivity index (χ2v) is 5.33. The monoisotopic (exact) mass is 274 g/mol. The molecule has 0 unspecified atom stereocenters. The van der Waals surface area contributed by atoms with Crippen molar-refractivity contribution >= 4 is 22.5 Å². The summed E-state index contributed by atoms with van der Waals surface area (Å²) >= 11 is 1.77. The van der Waals surface area contributed by atoms with Crippen molar-refractivity contribution in [3.05, 3.63) is 77.9 Å². The van der Waals surface area contributed by atoms with Gasteiger partial charge in [0.2, 0.25) is 0 Å². The van der Waals surface area contributed by atoms with Gasteiger partial charge < -0.3 is 0 Å². The van der Waals surface area contributed by atoms with Crippen LogP contribution in [0.5, 0.6) is 0 Å². The Hall–Kier alpha value is -2.17. The minimum atomic E-state index is 1.05. The fourth-order valence-electron chi connectivity index (χ4n) is 2.24. The molecular formula is C19H14S. The zero-order valence-corrected chi connectivity index (χ0v) is 12.1. The van der Waals surface area contributed by atoms with Gasteiger partial charge >= 0.3 is 0 Å². The van der Waals surface area contributed by atoms with E-state index in [9.17, 15) is 0 Å². The van der Waals surface area contributed by atoms with E-state index in [1.165, 1.54) is 15.7 Å². The molecule has 1 heteroatoms. The number of benzene rings is 3. The molecule has 3 aromatic carbocycles. The SMILES string of the molecule is CSc1cccc2cccc(C#Cc3ccccc3)c12. The standard InChI is InChI=1S/C19H14S/c1-20-18-12-6-11-16-9-5-10-17(19(16)18)14-13-15-7-3-2-4-8-15/h2-12H,1H3. The Balaban J connectivity index is 2.15. The minimum Gasteiger partial charge on any atom is -0.129 e. The largest absolute Gasteiger partial charge is 0.129 e. The maximum absolute atomic E-state index is 3.32. The molecule has 0 aliphatic carbocycles.